The number of halogens is 1. The van der Waals surface area contributed by atoms with E-state index in [-0.39, 0.29) is 6.42 Å². The quantitative estimate of drug-likeness (QED) is 0.703. The summed E-state index contributed by atoms with van der Waals surface area (Å²) in [6.07, 6.45) is 0.115. The van der Waals surface area contributed by atoms with Crippen molar-refractivity contribution in [2.24, 2.45) is 5.73 Å². The summed E-state index contributed by atoms with van der Waals surface area (Å²) in [5, 5.41) is 7.64. The Kier molecular flexibility index (Phi) is 2.18. The van der Waals surface area contributed by atoms with Crippen LogP contribution in [0.1, 0.15) is 5.01 Å². The molecule has 1 aromatic rings. The van der Waals surface area contributed by atoms with E-state index in [1.165, 1.54) is 0 Å². The third kappa shape index (κ3) is 1.93. The molecule has 0 aromatic carbocycles. The predicted octanol–water partition coefficient (Wildman–Crippen LogP) is 0.219. The topological polar surface area (TPSA) is 68.9 Å². The van der Waals surface area contributed by atoms with Crippen LogP contribution >= 0.6 is 22.9 Å². The molecule has 1 aromatic heterocycles. The molecule has 2 N–H and O–H groups in total. The van der Waals surface area contributed by atoms with Crippen LogP contribution < -0.4 is 5.73 Å². The normalized spacial score (nSPS) is 9.70. The van der Waals surface area contributed by atoms with Gasteiger partial charge < -0.3 is 5.73 Å². The van der Waals surface area contributed by atoms with Gasteiger partial charge in [0, 0.05) is 0 Å². The zero-order chi connectivity index (χ0) is 7.56. The van der Waals surface area contributed by atoms with Gasteiger partial charge >= 0.3 is 0 Å². The van der Waals surface area contributed by atoms with Gasteiger partial charge in [-0.3, -0.25) is 4.79 Å². The molecular formula is C4H4ClN3OS. The highest BCUT2D eigenvalue weighted by molar-refractivity contribution is 7.15. The van der Waals surface area contributed by atoms with E-state index in [1.54, 1.807) is 0 Å². The van der Waals surface area contributed by atoms with E-state index in [0.29, 0.717) is 9.47 Å². The molecule has 0 saturated heterocycles. The molecule has 54 valence electrons. The van der Waals surface area contributed by atoms with E-state index in [1.807, 2.05) is 0 Å². The first-order chi connectivity index (χ1) is 4.68. The van der Waals surface area contributed by atoms with Crippen molar-refractivity contribution in [3.63, 3.8) is 0 Å². The number of aromatic nitrogens is 2. The molecule has 0 aliphatic rings. The molecule has 0 aliphatic heterocycles. The molecule has 0 spiro atoms. The van der Waals surface area contributed by atoms with Gasteiger partial charge in [0.25, 0.3) is 0 Å². The standard InChI is InChI=1S/C4H4ClN3OS/c5-4-8-7-3(10-4)1-2(6)9/h1H2,(H2,6,9). The Bertz CT molecular complexity index is 248. The largest absolute Gasteiger partial charge is 0.369 e. The summed E-state index contributed by atoms with van der Waals surface area (Å²) in [5.41, 5.74) is 4.89. The molecule has 0 fully saturated rings. The molecule has 1 heterocycles. The highest BCUT2D eigenvalue weighted by Gasteiger charge is 2.03. The van der Waals surface area contributed by atoms with Gasteiger partial charge in [-0.2, -0.15) is 0 Å². The zero-order valence-corrected chi connectivity index (χ0v) is 6.45. The monoisotopic (exact) mass is 177 g/mol. The lowest BCUT2D eigenvalue weighted by atomic mass is 10.4. The molecule has 1 amide bonds. The predicted molar refractivity (Wildman–Crippen MR) is 37.8 cm³/mol. The minimum absolute atomic E-state index is 0.115. The number of nitrogens with zero attached hydrogens (tertiary/aromatic N) is 2. The van der Waals surface area contributed by atoms with Gasteiger partial charge in [0.05, 0.1) is 6.42 Å². The fourth-order valence-corrected chi connectivity index (χ4v) is 1.33. The third-order valence-corrected chi connectivity index (χ3v) is 1.79. The van der Waals surface area contributed by atoms with E-state index >= 15 is 0 Å². The van der Waals surface area contributed by atoms with Crippen molar-refractivity contribution in [1.82, 2.24) is 10.2 Å². The number of hydrogen-bond acceptors (Lipinski definition) is 4. The van der Waals surface area contributed by atoms with Crippen molar-refractivity contribution in [3.8, 4) is 0 Å². The lowest BCUT2D eigenvalue weighted by molar-refractivity contribution is -0.117. The van der Waals surface area contributed by atoms with Gasteiger partial charge in [-0.15, -0.1) is 10.2 Å². The van der Waals surface area contributed by atoms with Crippen LogP contribution in [0, 0.1) is 0 Å². The number of nitrogens with two attached hydrogens (primary N) is 1. The SMILES string of the molecule is NC(=O)Cc1nnc(Cl)s1. The Labute approximate surface area is 66.0 Å². The molecule has 0 atom stereocenters. The summed E-state index contributed by atoms with van der Waals surface area (Å²) in [5.74, 6) is -0.423. The minimum atomic E-state index is -0.423. The molecule has 1 rings (SSSR count). The van der Waals surface area contributed by atoms with Crippen molar-refractivity contribution < 1.29 is 4.79 Å². The lowest BCUT2D eigenvalue weighted by Gasteiger charge is -1.83. The Morgan fingerprint density at radius 3 is 2.80 bits per heavy atom. The second-order valence-electron chi connectivity index (χ2n) is 1.59. The maximum atomic E-state index is 10.3. The molecule has 0 aliphatic carbocycles. The van der Waals surface area contributed by atoms with Crippen LogP contribution in [0.4, 0.5) is 0 Å². The lowest BCUT2D eigenvalue weighted by Crippen LogP contribution is -2.13. The Morgan fingerprint density at radius 1 is 1.70 bits per heavy atom. The van der Waals surface area contributed by atoms with Crippen LogP contribution in [-0.4, -0.2) is 16.1 Å². The summed E-state index contributed by atoms with van der Waals surface area (Å²) < 4.78 is 0.330. The number of amides is 1. The minimum Gasteiger partial charge on any atom is -0.369 e. The van der Waals surface area contributed by atoms with E-state index in [9.17, 15) is 4.79 Å². The molecule has 6 heteroatoms. The van der Waals surface area contributed by atoms with Crippen molar-refractivity contribution >= 4 is 28.8 Å². The van der Waals surface area contributed by atoms with Crippen LogP contribution in [0.2, 0.25) is 4.47 Å². The Hall–Kier alpha value is -0.680. The van der Waals surface area contributed by atoms with Crippen LogP contribution in [0.15, 0.2) is 0 Å². The van der Waals surface area contributed by atoms with Gasteiger partial charge in [0.1, 0.15) is 5.01 Å². The number of rotatable bonds is 2. The summed E-state index contributed by atoms with van der Waals surface area (Å²) in [7, 11) is 0. The van der Waals surface area contributed by atoms with Crippen LogP contribution in [0.25, 0.3) is 0 Å². The number of carbonyl (C=O) groups is 1. The van der Waals surface area contributed by atoms with E-state index in [4.69, 9.17) is 17.3 Å². The molecule has 10 heavy (non-hydrogen) atoms. The Morgan fingerprint density at radius 2 is 2.40 bits per heavy atom. The molecule has 0 unspecified atom stereocenters. The van der Waals surface area contributed by atoms with E-state index < -0.39 is 5.91 Å². The first-order valence-electron chi connectivity index (χ1n) is 2.44. The maximum absolute atomic E-state index is 10.3. The summed E-state index contributed by atoms with van der Waals surface area (Å²) >= 11 is 6.60. The fraction of sp³-hybridized carbons (Fsp3) is 0.250. The van der Waals surface area contributed by atoms with E-state index in [0.717, 1.165) is 11.3 Å². The van der Waals surface area contributed by atoms with Crippen LogP contribution in [0.5, 0.6) is 0 Å². The van der Waals surface area contributed by atoms with Crippen molar-refractivity contribution in [1.29, 1.82) is 0 Å². The highest BCUT2D eigenvalue weighted by atomic mass is 35.5. The van der Waals surface area contributed by atoms with Crippen LogP contribution in [0.3, 0.4) is 0 Å². The average molecular weight is 178 g/mol. The van der Waals surface area contributed by atoms with Gasteiger partial charge in [0.2, 0.25) is 10.4 Å². The second kappa shape index (κ2) is 2.94. The summed E-state index contributed by atoms with van der Waals surface area (Å²) in [6.45, 7) is 0. The first-order valence-corrected chi connectivity index (χ1v) is 3.64. The average Bonchev–Trinajstić information content (AvgIpc) is 2.13. The van der Waals surface area contributed by atoms with Gasteiger partial charge in [-0.05, 0) is 11.6 Å². The molecule has 0 bridgehead atoms. The fourth-order valence-electron chi connectivity index (χ4n) is 0.454. The van der Waals surface area contributed by atoms with Crippen molar-refractivity contribution in [3.05, 3.63) is 9.47 Å². The third-order valence-electron chi connectivity index (χ3n) is 0.768. The van der Waals surface area contributed by atoms with Crippen molar-refractivity contribution in [2.45, 2.75) is 6.42 Å². The first kappa shape index (κ1) is 7.43. The van der Waals surface area contributed by atoms with Crippen LogP contribution in [-0.2, 0) is 11.2 Å². The summed E-state index contributed by atoms with van der Waals surface area (Å²) in [6, 6.07) is 0. The number of primary amides is 1. The number of hydrogen-bond donors (Lipinski definition) is 1. The molecule has 4 nitrogen and oxygen atoms in total. The van der Waals surface area contributed by atoms with Crippen molar-refractivity contribution in [2.75, 3.05) is 0 Å². The van der Waals surface area contributed by atoms with Gasteiger partial charge in [0.15, 0.2) is 0 Å². The number of carbonyl (C=O) groups excluding carboxylic acids is 1. The Balaban J connectivity index is 2.67. The zero-order valence-electron chi connectivity index (χ0n) is 4.87. The smallest absolute Gasteiger partial charge is 0.224 e. The molecular weight excluding hydrogens is 174 g/mol. The van der Waals surface area contributed by atoms with Gasteiger partial charge in [-0.25, -0.2) is 0 Å². The highest BCUT2D eigenvalue weighted by Crippen LogP contribution is 2.14. The van der Waals surface area contributed by atoms with Gasteiger partial charge in [-0.1, -0.05) is 11.3 Å². The molecule has 0 radical (unpaired) electrons. The maximum Gasteiger partial charge on any atom is 0.224 e. The second-order valence-corrected chi connectivity index (χ2v) is 3.24. The summed E-state index contributed by atoms with van der Waals surface area (Å²) in [4.78, 5) is 10.3. The molecule has 0 saturated carbocycles. The van der Waals surface area contributed by atoms with E-state index in [2.05, 4.69) is 10.2 Å².